The summed E-state index contributed by atoms with van der Waals surface area (Å²) < 4.78 is 5.90. The van der Waals surface area contributed by atoms with Gasteiger partial charge in [0.1, 0.15) is 0 Å². The number of anilines is 1. The van der Waals surface area contributed by atoms with Crippen LogP contribution in [-0.2, 0) is 11.2 Å². The normalized spacial score (nSPS) is 37.5. The van der Waals surface area contributed by atoms with Crippen molar-refractivity contribution in [2.45, 2.75) is 38.3 Å². The van der Waals surface area contributed by atoms with Crippen molar-refractivity contribution in [1.82, 2.24) is 0 Å². The van der Waals surface area contributed by atoms with Crippen molar-refractivity contribution >= 4 is 5.69 Å². The molecule has 1 saturated heterocycles. The van der Waals surface area contributed by atoms with Gasteiger partial charge < -0.3 is 15.4 Å². The van der Waals surface area contributed by atoms with E-state index in [2.05, 4.69) is 43.0 Å². The Bertz CT molecular complexity index is 542. The Morgan fingerprint density at radius 1 is 1.35 bits per heavy atom. The van der Waals surface area contributed by atoms with E-state index >= 15 is 0 Å². The number of ether oxygens (including phenoxy) is 1. The van der Waals surface area contributed by atoms with Crippen LogP contribution >= 0.6 is 0 Å². The van der Waals surface area contributed by atoms with Crippen molar-refractivity contribution in [3.05, 3.63) is 29.8 Å². The van der Waals surface area contributed by atoms with Gasteiger partial charge in [-0.2, -0.15) is 0 Å². The second-order valence-electron chi connectivity index (χ2n) is 7.25. The number of rotatable bonds is 2. The van der Waals surface area contributed by atoms with Gasteiger partial charge >= 0.3 is 0 Å². The van der Waals surface area contributed by atoms with Crippen molar-refractivity contribution in [1.29, 1.82) is 0 Å². The maximum atomic E-state index is 6.88. The Hall–Kier alpha value is -1.06. The van der Waals surface area contributed by atoms with Crippen LogP contribution < -0.4 is 10.6 Å². The molecule has 3 atom stereocenters. The number of para-hydroxylation sites is 1. The van der Waals surface area contributed by atoms with Gasteiger partial charge in [0, 0.05) is 42.3 Å². The molecule has 1 aliphatic carbocycles. The zero-order valence-electron chi connectivity index (χ0n) is 12.4. The number of fused-ring (bicyclic) bond motifs is 2. The fraction of sp³-hybridized carbons (Fsp3) is 0.647. The van der Waals surface area contributed by atoms with Gasteiger partial charge in [0.05, 0.1) is 6.10 Å². The molecule has 2 aliphatic heterocycles. The van der Waals surface area contributed by atoms with Gasteiger partial charge in [-0.3, -0.25) is 0 Å². The van der Waals surface area contributed by atoms with Crippen LogP contribution in [0.5, 0.6) is 0 Å². The first-order chi connectivity index (χ1) is 9.54. The molecule has 4 rings (SSSR count). The van der Waals surface area contributed by atoms with Crippen LogP contribution in [0.15, 0.2) is 24.3 Å². The Morgan fingerprint density at radius 3 is 3.00 bits per heavy atom. The Kier molecular flexibility index (Phi) is 2.52. The summed E-state index contributed by atoms with van der Waals surface area (Å²) in [5.74, 6) is 0.533. The van der Waals surface area contributed by atoms with E-state index in [1.54, 1.807) is 0 Å². The first-order valence-corrected chi connectivity index (χ1v) is 7.77. The molecule has 1 aromatic rings. The number of hydrogen-bond acceptors (Lipinski definition) is 3. The molecule has 3 nitrogen and oxygen atoms in total. The van der Waals surface area contributed by atoms with Crippen molar-refractivity contribution in [3.8, 4) is 0 Å². The average Bonchev–Trinajstić information content (AvgIpc) is 3.05. The van der Waals surface area contributed by atoms with E-state index in [9.17, 15) is 0 Å². The summed E-state index contributed by atoms with van der Waals surface area (Å²) in [7, 11) is 0. The highest BCUT2D eigenvalue weighted by Gasteiger charge is 2.67. The molecule has 2 N–H and O–H groups in total. The molecule has 108 valence electrons. The maximum absolute atomic E-state index is 6.88. The van der Waals surface area contributed by atoms with E-state index < -0.39 is 0 Å². The summed E-state index contributed by atoms with van der Waals surface area (Å²) in [5.41, 5.74) is 9.69. The van der Waals surface area contributed by atoms with Gasteiger partial charge in [0.15, 0.2) is 0 Å². The molecule has 3 aliphatic rings. The molecular formula is C17H24N2O. The predicted molar refractivity (Wildman–Crippen MR) is 80.9 cm³/mol. The minimum Gasteiger partial charge on any atom is -0.377 e. The average molecular weight is 272 g/mol. The molecule has 0 amide bonds. The smallest absolute Gasteiger partial charge is 0.0691 e. The summed E-state index contributed by atoms with van der Waals surface area (Å²) in [4.78, 5) is 2.49. The largest absolute Gasteiger partial charge is 0.377 e. The van der Waals surface area contributed by atoms with Crippen molar-refractivity contribution in [2.24, 2.45) is 17.1 Å². The van der Waals surface area contributed by atoms with Gasteiger partial charge in [-0.15, -0.1) is 0 Å². The summed E-state index contributed by atoms with van der Waals surface area (Å²) in [6, 6.07) is 8.74. The highest BCUT2D eigenvalue weighted by Crippen LogP contribution is 2.58. The van der Waals surface area contributed by atoms with E-state index in [1.807, 2.05) is 0 Å². The minimum atomic E-state index is -0.119. The molecule has 0 bridgehead atoms. The first kappa shape index (κ1) is 12.7. The van der Waals surface area contributed by atoms with Gasteiger partial charge in [0.25, 0.3) is 0 Å². The predicted octanol–water partition coefficient (Wildman–Crippen LogP) is 2.19. The zero-order chi connectivity index (χ0) is 14.0. The SMILES string of the molecule is CC1(C)C2OCCC2C1(N)CN1CCc2ccccc21. The molecule has 0 radical (unpaired) electrons. The van der Waals surface area contributed by atoms with E-state index in [4.69, 9.17) is 10.5 Å². The van der Waals surface area contributed by atoms with Crippen LogP contribution in [0.3, 0.4) is 0 Å². The standard InChI is InChI=1S/C17H24N2O/c1-16(2)15-13(8-10-20-15)17(16,18)11-19-9-7-12-5-3-4-6-14(12)19/h3-6,13,15H,7-11,18H2,1-2H3. The summed E-state index contributed by atoms with van der Waals surface area (Å²) in [5, 5.41) is 0. The highest BCUT2D eigenvalue weighted by atomic mass is 16.5. The molecule has 3 heteroatoms. The first-order valence-electron chi connectivity index (χ1n) is 7.77. The minimum absolute atomic E-state index is 0.0751. The quantitative estimate of drug-likeness (QED) is 0.897. The van der Waals surface area contributed by atoms with Crippen LogP contribution in [-0.4, -0.2) is 31.3 Å². The van der Waals surface area contributed by atoms with E-state index in [0.717, 1.165) is 32.5 Å². The molecule has 0 spiro atoms. The third-order valence-corrected chi connectivity index (χ3v) is 6.10. The van der Waals surface area contributed by atoms with Gasteiger partial charge in [-0.05, 0) is 24.5 Å². The van der Waals surface area contributed by atoms with E-state index in [-0.39, 0.29) is 11.0 Å². The van der Waals surface area contributed by atoms with E-state index in [1.165, 1.54) is 11.3 Å². The molecule has 1 aromatic carbocycles. The zero-order valence-corrected chi connectivity index (χ0v) is 12.4. The number of nitrogens with zero attached hydrogens (tertiary/aromatic N) is 1. The Morgan fingerprint density at radius 2 is 2.15 bits per heavy atom. The lowest BCUT2D eigenvalue weighted by molar-refractivity contribution is -0.151. The molecule has 20 heavy (non-hydrogen) atoms. The lowest BCUT2D eigenvalue weighted by atomic mass is 9.48. The van der Waals surface area contributed by atoms with Crippen molar-refractivity contribution < 1.29 is 4.74 Å². The summed E-state index contributed by atoms with van der Waals surface area (Å²) in [6.45, 7) is 7.51. The third-order valence-electron chi connectivity index (χ3n) is 6.10. The van der Waals surface area contributed by atoms with Crippen molar-refractivity contribution in [3.63, 3.8) is 0 Å². The second-order valence-corrected chi connectivity index (χ2v) is 7.25. The van der Waals surface area contributed by atoms with E-state index in [0.29, 0.717) is 12.0 Å². The topological polar surface area (TPSA) is 38.5 Å². The van der Waals surface area contributed by atoms with Crippen LogP contribution in [0.2, 0.25) is 0 Å². The van der Waals surface area contributed by atoms with Crippen molar-refractivity contribution in [2.75, 3.05) is 24.6 Å². The van der Waals surface area contributed by atoms with Crippen LogP contribution in [0.4, 0.5) is 5.69 Å². The maximum Gasteiger partial charge on any atom is 0.0691 e. The number of nitrogens with two attached hydrogens (primary N) is 1. The fourth-order valence-electron chi connectivity index (χ4n) is 4.68. The molecule has 2 heterocycles. The Balaban J connectivity index is 1.61. The monoisotopic (exact) mass is 272 g/mol. The molecule has 2 fully saturated rings. The lowest BCUT2D eigenvalue weighted by Crippen LogP contribution is -2.78. The third kappa shape index (κ3) is 1.43. The number of hydrogen-bond donors (Lipinski definition) is 1. The van der Waals surface area contributed by atoms with Crippen LogP contribution in [0.1, 0.15) is 25.8 Å². The molecule has 3 unspecified atom stereocenters. The fourth-order valence-corrected chi connectivity index (χ4v) is 4.68. The molecule has 1 saturated carbocycles. The molecule has 0 aromatic heterocycles. The number of benzene rings is 1. The van der Waals surface area contributed by atoms with Gasteiger partial charge in [-0.1, -0.05) is 32.0 Å². The Labute approximate surface area is 121 Å². The molecular weight excluding hydrogens is 248 g/mol. The van der Waals surface area contributed by atoms with Gasteiger partial charge in [-0.25, -0.2) is 0 Å². The summed E-state index contributed by atoms with van der Waals surface area (Å²) in [6.07, 6.45) is 2.64. The van der Waals surface area contributed by atoms with Crippen LogP contribution in [0, 0.1) is 11.3 Å². The highest BCUT2D eigenvalue weighted by molar-refractivity contribution is 5.58. The summed E-state index contributed by atoms with van der Waals surface area (Å²) >= 11 is 0. The van der Waals surface area contributed by atoms with Crippen LogP contribution in [0.25, 0.3) is 0 Å². The lowest BCUT2D eigenvalue weighted by Gasteiger charge is -2.63. The second kappa shape index (κ2) is 3.99. The van der Waals surface area contributed by atoms with Gasteiger partial charge in [0.2, 0.25) is 0 Å².